The van der Waals surface area contributed by atoms with Crippen LogP contribution in [0, 0.1) is 13.8 Å². The van der Waals surface area contributed by atoms with E-state index in [2.05, 4.69) is 0 Å². The Morgan fingerprint density at radius 1 is 1.47 bits per heavy atom. The van der Waals surface area contributed by atoms with Crippen LogP contribution in [0.5, 0.6) is 0 Å². The molecular weight excluding hydrogens is 190 g/mol. The van der Waals surface area contributed by atoms with Gasteiger partial charge >= 0.3 is 0 Å². The van der Waals surface area contributed by atoms with Crippen molar-refractivity contribution in [3.8, 4) is 0 Å². The zero-order valence-electron chi connectivity index (χ0n) is 9.70. The largest absolute Gasteiger partial charge is 0.310 e. The number of hydrogen-bond acceptors (Lipinski definition) is 2. The van der Waals surface area contributed by atoms with Gasteiger partial charge in [0.1, 0.15) is 0 Å². The molecule has 0 bridgehead atoms. The minimum absolute atomic E-state index is 0.136. The van der Waals surface area contributed by atoms with Crippen molar-refractivity contribution < 1.29 is 4.79 Å². The number of pyridine rings is 1. The molecule has 1 atom stereocenters. The van der Waals surface area contributed by atoms with Crippen LogP contribution in [0.4, 0.5) is 0 Å². The van der Waals surface area contributed by atoms with E-state index in [-0.39, 0.29) is 17.2 Å². The SMILES string of the molecule is CCC(C)n1c(C)cc(C)c(C=O)c1=O. The van der Waals surface area contributed by atoms with Gasteiger partial charge in [-0.1, -0.05) is 6.92 Å². The number of carbonyl (C=O) groups is 1. The molecule has 0 amide bonds. The Hall–Kier alpha value is -1.38. The van der Waals surface area contributed by atoms with E-state index in [1.54, 1.807) is 11.5 Å². The summed E-state index contributed by atoms with van der Waals surface area (Å²) in [7, 11) is 0. The first-order valence-electron chi connectivity index (χ1n) is 5.20. The Morgan fingerprint density at radius 3 is 2.53 bits per heavy atom. The quantitative estimate of drug-likeness (QED) is 0.713. The summed E-state index contributed by atoms with van der Waals surface area (Å²) in [5, 5.41) is 0. The maximum atomic E-state index is 12.0. The molecular formula is C12H17NO2. The average molecular weight is 207 g/mol. The molecule has 0 aliphatic carbocycles. The molecule has 1 aromatic heterocycles. The van der Waals surface area contributed by atoms with Gasteiger partial charge in [-0.25, -0.2) is 0 Å². The summed E-state index contributed by atoms with van der Waals surface area (Å²) < 4.78 is 1.69. The summed E-state index contributed by atoms with van der Waals surface area (Å²) in [4.78, 5) is 22.8. The molecule has 82 valence electrons. The van der Waals surface area contributed by atoms with Crippen LogP contribution in [0.2, 0.25) is 0 Å². The first-order valence-corrected chi connectivity index (χ1v) is 5.20. The number of aldehydes is 1. The fourth-order valence-electron chi connectivity index (χ4n) is 1.79. The van der Waals surface area contributed by atoms with Gasteiger partial charge in [0.2, 0.25) is 0 Å². The van der Waals surface area contributed by atoms with Crippen LogP contribution in [-0.4, -0.2) is 10.9 Å². The van der Waals surface area contributed by atoms with Crippen molar-refractivity contribution in [2.75, 3.05) is 0 Å². The highest BCUT2D eigenvalue weighted by Gasteiger charge is 2.12. The molecule has 0 saturated heterocycles. The van der Waals surface area contributed by atoms with Gasteiger partial charge in [-0.3, -0.25) is 9.59 Å². The van der Waals surface area contributed by atoms with E-state index in [0.717, 1.165) is 17.7 Å². The molecule has 0 saturated carbocycles. The summed E-state index contributed by atoms with van der Waals surface area (Å²) in [6.07, 6.45) is 1.53. The number of aromatic nitrogens is 1. The molecule has 0 aromatic carbocycles. The van der Waals surface area contributed by atoms with Crippen LogP contribution in [-0.2, 0) is 0 Å². The van der Waals surface area contributed by atoms with Gasteiger partial charge in [-0.15, -0.1) is 0 Å². The monoisotopic (exact) mass is 207 g/mol. The topological polar surface area (TPSA) is 39.1 Å². The highest BCUT2D eigenvalue weighted by atomic mass is 16.1. The number of rotatable bonds is 3. The van der Waals surface area contributed by atoms with Gasteiger partial charge in [0, 0.05) is 11.7 Å². The zero-order chi connectivity index (χ0) is 11.6. The van der Waals surface area contributed by atoms with E-state index in [0.29, 0.717) is 6.29 Å². The molecule has 0 N–H and O–H groups in total. The summed E-state index contributed by atoms with van der Waals surface area (Å²) in [5.74, 6) is 0. The zero-order valence-corrected chi connectivity index (χ0v) is 9.70. The normalized spacial score (nSPS) is 12.5. The average Bonchev–Trinajstić information content (AvgIpc) is 2.17. The number of aryl methyl sites for hydroxylation is 2. The van der Waals surface area contributed by atoms with Gasteiger partial charge < -0.3 is 4.57 Å². The molecule has 0 fully saturated rings. The van der Waals surface area contributed by atoms with Crippen molar-refractivity contribution in [2.24, 2.45) is 0 Å². The first kappa shape index (κ1) is 11.7. The lowest BCUT2D eigenvalue weighted by molar-refractivity contribution is 0.112. The predicted octanol–water partition coefficient (Wildman–Crippen LogP) is 2.25. The van der Waals surface area contributed by atoms with Gasteiger partial charge in [-0.2, -0.15) is 0 Å². The summed E-state index contributed by atoms with van der Waals surface area (Å²) in [6.45, 7) is 7.70. The molecule has 0 radical (unpaired) electrons. The molecule has 15 heavy (non-hydrogen) atoms. The fraction of sp³-hybridized carbons (Fsp3) is 0.500. The lowest BCUT2D eigenvalue weighted by Gasteiger charge is -2.17. The van der Waals surface area contributed by atoms with Gasteiger partial charge in [-0.05, 0) is 38.8 Å². The van der Waals surface area contributed by atoms with Crippen molar-refractivity contribution in [1.29, 1.82) is 0 Å². The third kappa shape index (κ3) is 2.01. The molecule has 0 aliphatic heterocycles. The van der Waals surface area contributed by atoms with Crippen molar-refractivity contribution in [1.82, 2.24) is 4.57 Å². The minimum atomic E-state index is -0.170. The first-order chi connectivity index (χ1) is 7.02. The van der Waals surface area contributed by atoms with E-state index in [1.165, 1.54) is 0 Å². The van der Waals surface area contributed by atoms with Crippen molar-refractivity contribution >= 4 is 6.29 Å². The molecule has 1 aromatic rings. The second kappa shape index (κ2) is 4.43. The van der Waals surface area contributed by atoms with E-state index in [4.69, 9.17) is 0 Å². The fourth-order valence-corrected chi connectivity index (χ4v) is 1.79. The Bertz CT molecular complexity index is 432. The lowest BCUT2D eigenvalue weighted by atomic mass is 10.1. The highest BCUT2D eigenvalue weighted by Crippen LogP contribution is 2.12. The molecule has 1 unspecified atom stereocenters. The van der Waals surface area contributed by atoms with E-state index in [9.17, 15) is 9.59 Å². The Balaban J connectivity index is 3.53. The smallest absolute Gasteiger partial charge is 0.261 e. The molecule has 0 spiro atoms. The molecule has 3 nitrogen and oxygen atoms in total. The third-order valence-electron chi connectivity index (χ3n) is 2.83. The molecule has 3 heteroatoms. The standard InChI is InChI=1S/C12H17NO2/c1-5-9(3)13-10(4)6-8(2)11(7-14)12(13)15/h6-7,9H,5H2,1-4H3. The van der Waals surface area contributed by atoms with E-state index in [1.807, 2.05) is 26.8 Å². The van der Waals surface area contributed by atoms with Gasteiger partial charge in [0.25, 0.3) is 5.56 Å². The van der Waals surface area contributed by atoms with Gasteiger partial charge in [0.15, 0.2) is 6.29 Å². The maximum absolute atomic E-state index is 12.0. The summed E-state index contributed by atoms with van der Waals surface area (Å²) >= 11 is 0. The van der Waals surface area contributed by atoms with Crippen LogP contribution in [0.3, 0.4) is 0 Å². The predicted molar refractivity (Wildman–Crippen MR) is 60.6 cm³/mol. The van der Waals surface area contributed by atoms with Crippen molar-refractivity contribution in [2.45, 2.75) is 40.2 Å². The molecule has 0 aliphatic rings. The highest BCUT2D eigenvalue weighted by molar-refractivity contribution is 5.76. The Labute approximate surface area is 89.7 Å². The lowest BCUT2D eigenvalue weighted by Crippen LogP contribution is -2.28. The minimum Gasteiger partial charge on any atom is -0.310 e. The van der Waals surface area contributed by atoms with E-state index < -0.39 is 0 Å². The third-order valence-corrected chi connectivity index (χ3v) is 2.83. The second-order valence-electron chi connectivity index (χ2n) is 3.93. The van der Waals surface area contributed by atoms with Crippen LogP contribution in [0.15, 0.2) is 10.9 Å². The Morgan fingerprint density at radius 2 is 2.07 bits per heavy atom. The van der Waals surface area contributed by atoms with Crippen LogP contribution >= 0.6 is 0 Å². The number of carbonyl (C=O) groups excluding carboxylic acids is 1. The van der Waals surface area contributed by atoms with Gasteiger partial charge in [0.05, 0.1) is 5.56 Å². The Kier molecular flexibility index (Phi) is 3.45. The number of hydrogen-bond donors (Lipinski definition) is 0. The van der Waals surface area contributed by atoms with Crippen LogP contribution in [0.25, 0.3) is 0 Å². The molecule has 1 rings (SSSR count). The maximum Gasteiger partial charge on any atom is 0.261 e. The van der Waals surface area contributed by atoms with Crippen LogP contribution < -0.4 is 5.56 Å². The summed E-state index contributed by atoms with van der Waals surface area (Å²) in [5.41, 5.74) is 1.78. The van der Waals surface area contributed by atoms with Crippen molar-refractivity contribution in [3.63, 3.8) is 0 Å². The number of nitrogens with zero attached hydrogens (tertiary/aromatic N) is 1. The van der Waals surface area contributed by atoms with Crippen LogP contribution in [0.1, 0.15) is 47.9 Å². The molecule has 1 heterocycles. The van der Waals surface area contributed by atoms with Crippen molar-refractivity contribution in [3.05, 3.63) is 33.2 Å². The van der Waals surface area contributed by atoms with E-state index >= 15 is 0 Å². The summed E-state index contributed by atoms with van der Waals surface area (Å²) in [6, 6.07) is 2.02. The second-order valence-corrected chi connectivity index (χ2v) is 3.93.